The highest BCUT2D eigenvalue weighted by Crippen LogP contribution is 2.56. The van der Waals surface area contributed by atoms with E-state index in [2.05, 4.69) is 5.32 Å². The van der Waals surface area contributed by atoms with Crippen LogP contribution in [0.1, 0.15) is 45.9 Å². The minimum Gasteiger partial charge on any atom is -0.497 e. The van der Waals surface area contributed by atoms with Crippen molar-refractivity contribution in [3.05, 3.63) is 131 Å². The summed E-state index contributed by atoms with van der Waals surface area (Å²) in [6, 6.07) is 26.5. The molecule has 2 N–H and O–H groups in total. The van der Waals surface area contributed by atoms with Crippen LogP contribution in [-0.2, 0) is 4.79 Å². The molecule has 1 aliphatic heterocycles. The third-order valence-electron chi connectivity index (χ3n) is 8.09. The van der Waals surface area contributed by atoms with Gasteiger partial charge in [-0.2, -0.15) is 0 Å². The number of Topliss-reactive ketones (excluding diaryl/α,β-unsaturated/α-hetero) is 1. The van der Waals surface area contributed by atoms with Crippen LogP contribution in [0.2, 0.25) is 0 Å². The van der Waals surface area contributed by atoms with Crippen molar-refractivity contribution in [3.63, 3.8) is 0 Å². The molecule has 1 saturated heterocycles. The molecule has 1 aliphatic rings. The van der Waals surface area contributed by atoms with Crippen LogP contribution in [0.15, 0.2) is 103 Å². The van der Waals surface area contributed by atoms with E-state index < -0.39 is 41.2 Å². The molecule has 5 rings (SSSR count). The monoisotopic (exact) mass is 566 g/mol. The van der Waals surface area contributed by atoms with Gasteiger partial charge in [-0.15, -0.1) is 0 Å². The number of ketones is 1. The Morgan fingerprint density at radius 2 is 1.48 bits per heavy atom. The number of anilines is 1. The first kappa shape index (κ1) is 28.5. The van der Waals surface area contributed by atoms with Crippen LogP contribution in [-0.4, -0.2) is 40.4 Å². The zero-order valence-corrected chi connectivity index (χ0v) is 23.5. The third kappa shape index (κ3) is 5.11. The maximum absolute atomic E-state index is 14.5. The largest absolute Gasteiger partial charge is 0.497 e. The van der Waals surface area contributed by atoms with Crippen LogP contribution in [0.5, 0.6) is 5.75 Å². The molecule has 8 heteroatoms. The molecule has 0 spiro atoms. The predicted molar refractivity (Wildman–Crippen MR) is 157 cm³/mol. The first-order chi connectivity index (χ1) is 20.1. The summed E-state index contributed by atoms with van der Waals surface area (Å²) in [5.41, 5.74) is 1.01. The summed E-state index contributed by atoms with van der Waals surface area (Å²) in [5, 5.41) is 13.6. The summed E-state index contributed by atoms with van der Waals surface area (Å²) in [6.45, 7) is 3.41. The first-order valence-corrected chi connectivity index (χ1v) is 13.5. The topological polar surface area (TPSA) is 95.9 Å². The highest BCUT2D eigenvalue weighted by molar-refractivity contribution is 6.03. The number of hydrogen-bond acceptors (Lipinski definition) is 4. The second-order valence-electron chi connectivity index (χ2n) is 10.6. The minimum atomic E-state index is -1.85. The number of carboxylic acids is 1. The van der Waals surface area contributed by atoms with Crippen LogP contribution < -0.4 is 10.1 Å². The zero-order valence-electron chi connectivity index (χ0n) is 23.5. The van der Waals surface area contributed by atoms with Gasteiger partial charge >= 0.3 is 12.0 Å². The van der Waals surface area contributed by atoms with Crippen LogP contribution in [0.3, 0.4) is 0 Å². The van der Waals surface area contributed by atoms with Gasteiger partial charge in [0.2, 0.25) is 0 Å². The second kappa shape index (κ2) is 11.5. The lowest BCUT2D eigenvalue weighted by atomic mass is 9.71. The van der Waals surface area contributed by atoms with E-state index >= 15 is 0 Å². The molecule has 0 aromatic heterocycles. The number of aliphatic carboxylic acids is 1. The van der Waals surface area contributed by atoms with Gasteiger partial charge in [0, 0.05) is 17.2 Å². The number of rotatable bonds is 7. The van der Waals surface area contributed by atoms with Gasteiger partial charge in [0.1, 0.15) is 17.1 Å². The van der Waals surface area contributed by atoms with E-state index in [4.69, 9.17) is 4.74 Å². The number of benzene rings is 4. The molecule has 1 fully saturated rings. The molecule has 1 heterocycles. The van der Waals surface area contributed by atoms with Gasteiger partial charge in [-0.1, -0.05) is 60.2 Å². The smallest absolute Gasteiger partial charge is 0.330 e. The van der Waals surface area contributed by atoms with E-state index in [1.165, 1.54) is 43.2 Å². The number of carbonyl (C=O) groups excluding carboxylic acids is 2. The Hall–Kier alpha value is -4.98. The Bertz CT molecular complexity index is 1590. The fraction of sp³-hybridized carbons (Fsp3) is 0.206. The molecule has 0 bridgehead atoms. The van der Waals surface area contributed by atoms with Crippen molar-refractivity contribution in [2.75, 3.05) is 12.4 Å². The average molecular weight is 567 g/mol. The van der Waals surface area contributed by atoms with Gasteiger partial charge < -0.3 is 15.2 Å². The molecule has 42 heavy (non-hydrogen) atoms. The van der Waals surface area contributed by atoms with Gasteiger partial charge in [-0.25, -0.2) is 14.0 Å². The minimum absolute atomic E-state index is 0.290. The van der Waals surface area contributed by atoms with Crippen molar-refractivity contribution in [1.82, 2.24) is 4.90 Å². The van der Waals surface area contributed by atoms with E-state index in [1.54, 1.807) is 48.5 Å². The lowest BCUT2D eigenvalue weighted by Gasteiger charge is -2.37. The zero-order chi connectivity index (χ0) is 30.0. The lowest BCUT2D eigenvalue weighted by molar-refractivity contribution is -0.148. The fourth-order valence-electron chi connectivity index (χ4n) is 5.98. The van der Waals surface area contributed by atoms with E-state index in [-0.39, 0.29) is 11.5 Å². The van der Waals surface area contributed by atoms with E-state index in [0.29, 0.717) is 22.4 Å². The highest BCUT2D eigenvalue weighted by Gasteiger charge is 2.65. The number of urea groups is 1. The number of carbonyl (C=O) groups is 3. The molecule has 4 atom stereocenters. The van der Waals surface area contributed by atoms with E-state index in [0.717, 1.165) is 5.56 Å². The summed E-state index contributed by atoms with van der Waals surface area (Å²) < 4.78 is 18.9. The van der Waals surface area contributed by atoms with Crippen LogP contribution in [0, 0.1) is 18.7 Å². The molecule has 4 unspecified atom stereocenters. The lowest BCUT2D eigenvalue weighted by Crippen LogP contribution is -2.55. The van der Waals surface area contributed by atoms with Gasteiger partial charge in [-0.05, 0) is 73.5 Å². The number of carboxylic acid groups (broad SMARTS) is 1. The molecular weight excluding hydrogens is 535 g/mol. The number of aryl methyl sites for hydroxylation is 1. The van der Waals surface area contributed by atoms with Crippen molar-refractivity contribution in [2.45, 2.75) is 31.3 Å². The molecule has 4 aromatic rings. The summed E-state index contributed by atoms with van der Waals surface area (Å²) in [5.74, 6) is -3.35. The Morgan fingerprint density at radius 1 is 0.857 bits per heavy atom. The number of methoxy groups -OCH3 is 1. The maximum Gasteiger partial charge on any atom is 0.330 e. The van der Waals surface area contributed by atoms with Gasteiger partial charge in [0.25, 0.3) is 0 Å². The molecule has 0 radical (unpaired) electrons. The van der Waals surface area contributed by atoms with Crippen molar-refractivity contribution in [1.29, 1.82) is 0 Å². The molecular formula is C34H31FN2O5. The number of nitrogens with zero attached hydrogens (tertiary/aromatic N) is 1. The Kier molecular flexibility index (Phi) is 7.81. The average Bonchev–Trinajstić information content (AvgIpc) is 3.29. The first-order valence-electron chi connectivity index (χ1n) is 13.5. The Morgan fingerprint density at radius 3 is 2.05 bits per heavy atom. The summed E-state index contributed by atoms with van der Waals surface area (Å²) in [4.78, 5) is 43.3. The van der Waals surface area contributed by atoms with Gasteiger partial charge in [-0.3, -0.25) is 9.69 Å². The molecule has 0 saturated carbocycles. The number of likely N-dealkylation sites (tertiary alicyclic amines) is 1. The number of halogens is 1. The molecule has 4 aromatic carbocycles. The van der Waals surface area contributed by atoms with E-state index in [9.17, 15) is 23.9 Å². The summed E-state index contributed by atoms with van der Waals surface area (Å²) in [7, 11) is 1.53. The summed E-state index contributed by atoms with van der Waals surface area (Å²) >= 11 is 0. The van der Waals surface area contributed by atoms with Crippen molar-refractivity contribution >= 4 is 23.5 Å². The van der Waals surface area contributed by atoms with Crippen molar-refractivity contribution in [2.24, 2.45) is 5.92 Å². The number of ether oxygens (including phenoxy) is 1. The van der Waals surface area contributed by atoms with E-state index in [1.807, 2.05) is 37.3 Å². The predicted octanol–water partition coefficient (Wildman–Crippen LogP) is 6.86. The number of nitrogens with one attached hydrogen (secondary N) is 1. The fourth-order valence-corrected chi connectivity index (χ4v) is 5.98. The van der Waals surface area contributed by atoms with Crippen molar-refractivity contribution in [3.8, 4) is 5.75 Å². The van der Waals surface area contributed by atoms with Crippen LogP contribution >= 0.6 is 0 Å². The van der Waals surface area contributed by atoms with Gasteiger partial charge in [0.05, 0.1) is 19.1 Å². The number of hydrogen-bond donors (Lipinski definition) is 2. The molecule has 0 aliphatic carbocycles. The van der Waals surface area contributed by atoms with Gasteiger partial charge in [0.15, 0.2) is 5.78 Å². The molecule has 2 amide bonds. The van der Waals surface area contributed by atoms with Crippen molar-refractivity contribution < 1.29 is 28.6 Å². The normalized spacial score (nSPS) is 21.5. The summed E-state index contributed by atoms with van der Waals surface area (Å²) in [6.07, 6.45) is 0. The van der Waals surface area contributed by atoms with Crippen LogP contribution in [0.25, 0.3) is 0 Å². The molecule has 7 nitrogen and oxygen atoms in total. The standard InChI is InChI=1S/C34H31FN2O5/c1-21-9-11-23(12-10-21)30-28(31(38)24-13-19-27(42-3)20-14-24)29(22-7-5-4-6-8-22)34(2,32(39)40)37(30)33(41)36-26-17-15-25(35)16-18-26/h4-20,28-30H,1-3H3,(H,36,41)(H,39,40). The quantitative estimate of drug-likeness (QED) is 0.238. The highest BCUT2D eigenvalue weighted by atomic mass is 19.1. The SMILES string of the molecule is COc1ccc(C(=O)C2C(c3ccc(C)cc3)N(C(=O)Nc3ccc(F)cc3)C(C)(C(=O)O)C2c2ccccc2)cc1. The Balaban J connectivity index is 1.74. The maximum atomic E-state index is 14.5. The second-order valence-corrected chi connectivity index (χ2v) is 10.6. The van der Waals surface area contributed by atoms with Crippen LogP contribution in [0.4, 0.5) is 14.9 Å². The number of amides is 2. The third-order valence-corrected chi connectivity index (χ3v) is 8.09. The molecule has 214 valence electrons. The Labute approximate surface area is 243 Å².